The van der Waals surface area contributed by atoms with Crippen LogP contribution in [-0.4, -0.2) is 17.8 Å². The number of carbonyl (C=O) groups excluding carboxylic acids is 1. The summed E-state index contributed by atoms with van der Waals surface area (Å²) in [5, 5.41) is 2.76. The standard InChI is InChI=1S/C7H14ClNO/c1-5(2)6(3)9-7(10)4-8/h5-6H,4H2,1-3H3,(H,9,10)/t6-/m1/s1. The third-order valence-electron chi connectivity index (χ3n) is 1.51. The number of hydrogen-bond acceptors (Lipinski definition) is 1. The molecule has 3 heteroatoms. The highest BCUT2D eigenvalue weighted by atomic mass is 35.5. The highest BCUT2D eigenvalue weighted by molar-refractivity contribution is 6.27. The van der Waals surface area contributed by atoms with Crippen LogP contribution in [0.1, 0.15) is 20.8 Å². The molecule has 1 N–H and O–H groups in total. The first kappa shape index (κ1) is 9.76. The van der Waals surface area contributed by atoms with Crippen molar-refractivity contribution in [3.63, 3.8) is 0 Å². The molecule has 0 saturated carbocycles. The van der Waals surface area contributed by atoms with Gasteiger partial charge in [0, 0.05) is 6.04 Å². The van der Waals surface area contributed by atoms with Gasteiger partial charge in [-0.1, -0.05) is 13.8 Å². The summed E-state index contributed by atoms with van der Waals surface area (Å²) in [6.45, 7) is 6.08. The molecule has 1 atom stereocenters. The maximum Gasteiger partial charge on any atom is 0.235 e. The predicted octanol–water partition coefficient (Wildman–Crippen LogP) is 1.39. The zero-order chi connectivity index (χ0) is 8.15. The number of carbonyl (C=O) groups is 1. The summed E-state index contributed by atoms with van der Waals surface area (Å²) in [6.07, 6.45) is 0. The van der Waals surface area contributed by atoms with Gasteiger partial charge in [0.1, 0.15) is 5.88 Å². The molecule has 0 aliphatic rings. The Kier molecular flexibility index (Phi) is 4.45. The average Bonchev–Trinajstić information content (AvgIpc) is 1.87. The summed E-state index contributed by atoms with van der Waals surface area (Å²) in [6, 6.07) is 0.214. The van der Waals surface area contributed by atoms with Gasteiger partial charge in [-0.25, -0.2) is 0 Å². The van der Waals surface area contributed by atoms with Crippen LogP contribution in [0, 0.1) is 5.92 Å². The molecule has 10 heavy (non-hydrogen) atoms. The molecular formula is C7H14ClNO. The lowest BCUT2D eigenvalue weighted by Crippen LogP contribution is -2.36. The molecule has 0 spiro atoms. The molecule has 0 fully saturated rings. The van der Waals surface area contributed by atoms with Gasteiger partial charge in [0.2, 0.25) is 5.91 Å². The summed E-state index contributed by atoms with van der Waals surface area (Å²) >= 11 is 5.29. The van der Waals surface area contributed by atoms with Crippen molar-refractivity contribution in [2.45, 2.75) is 26.8 Å². The van der Waals surface area contributed by atoms with Crippen LogP contribution in [0.15, 0.2) is 0 Å². The van der Waals surface area contributed by atoms with E-state index in [0.717, 1.165) is 0 Å². The van der Waals surface area contributed by atoms with Gasteiger partial charge >= 0.3 is 0 Å². The van der Waals surface area contributed by atoms with Gasteiger partial charge in [-0.2, -0.15) is 0 Å². The summed E-state index contributed by atoms with van der Waals surface area (Å²) in [4.78, 5) is 10.7. The van der Waals surface area contributed by atoms with Gasteiger partial charge in [0.15, 0.2) is 0 Å². The second kappa shape index (κ2) is 4.56. The van der Waals surface area contributed by atoms with Crippen LogP contribution in [0.4, 0.5) is 0 Å². The van der Waals surface area contributed by atoms with Crippen LogP contribution in [-0.2, 0) is 4.79 Å². The minimum atomic E-state index is -0.0946. The van der Waals surface area contributed by atoms with Crippen molar-refractivity contribution in [3.05, 3.63) is 0 Å². The predicted molar refractivity (Wildman–Crippen MR) is 43.2 cm³/mol. The Morgan fingerprint density at radius 1 is 1.50 bits per heavy atom. The lowest BCUT2D eigenvalue weighted by Gasteiger charge is -2.16. The molecule has 0 aromatic heterocycles. The fourth-order valence-corrected chi connectivity index (χ4v) is 0.536. The minimum absolute atomic E-state index is 0.0526. The highest BCUT2D eigenvalue weighted by Gasteiger charge is 2.08. The van der Waals surface area contributed by atoms with Gasteiger partial charge in [-0.15, -0.1) is 11.6 Å². The maximum atomic E-state index is 10.7. The second-order valence-corrected chi connectivity index (χ2v) is 3.00. The Hall–Kier alpha value is -0.240. The van der Waals surface area contributed by atoms with E-state index in [9.17, 15) is 4.79 Å². The van der Waals surface area contributed by atoms with Crippen LogP contribution in [0.5, 0.6) is 0 Å². The number of alkyl halides is 1. The lowest BCUT2D eigenvalue weighted by molar-refractivity contribution is -0.119. The van der Waals surface area contributed by atoms with E-state index < -0.39 is 0 Å². The number of rotatable bonds is 3. The number of halogens is 1. The van der Waals surface area contributed by atoms with Crippen LogP contribution >= 0.6 is 11.6 Å². The van der Waals surface area contributed by atoms with Crippen molar-refractivity contribution in [2.75, 3.05) is 5.88 Å². The van der Waals surface area contributed by atoms with Gasteiger partial charge in [0.25, 0.3) is 0 Å². The first-order chi connectivity index (χ1) is 4.57. The lowest BCUT2D eigenvalue weighted by atomic mass is 10.1. The van der Waals surface area contributed by atoms with Crippen molar-refractivity contribution < 1.29 is 4.79 Å². The smallest absolute Gasteiger partial charge is 0.235 e. The van der Waals surface area contributed by atoms with E-state index >= 15 is 0 Å². The first-order valence-electron chi connectivity index (χ1n) is 3.43. The molecule has 0 saturated heterocycles. The summed E-state index contributed by atoms with van der Waals surface area (Å²) < 4.78 is 0. The number of hydrogen-bond donors (Lipinski definition) is 1. The topological polar surface area (TPSA) is 29.1 Å². The van der Waals surface area contributed by atoms with E-state index in [1.807, 2.05) is 6.92 Å². The van der Waals surface area contributed by atoms with Crippen molar-refractivity contribution in [1.82, 2.24) is 5.32 Å². The van der Waals surface area contributed by atoms with E-state index in [1.165, 1.54) is 0 Å². The molecule has 0 unspecified atom stereocenters. The molecule has 0 rings (SSSR count). The van der Waals surface area contributed by atoms with Crippen molar-refractivity contribution in [3.8, 4) is 0 Å². The third kappa shape index (κ3) is 3.72. The SMILES string of the molecule is CC(C)[C@@H](C)NC(=O)CCl. The fourth-order valence-electron chi connectivity index (χ4n) is 0.459. The Morgan fingerprint density at radius 2 is 2.00 bits per heavy atom. The zero-order valence-corrected chi connectivity index (χ0v) is 7.40. The molecule has 2 nitrogen and oxygen atoms in total. The van der Waals surface area contributed by atoms with Gasteiger partial charge in [-0.05, 0) is 12.8 Å². The number of amides is 1. The van der Waals surface area contributed by atoms with Crippen molar-refractivity contribution in [2.24, 2.45) is 5.92 Å². The molecule has 0 radical (unpaired) electrons. The molecule has 60 valence electrons. The summed E-state index contributed by atoms with van der Waals surface area (Å²) in [5.41, 5.74) is 0. The first-order valence-corrected chi connectivity index (χ1v) is 3.96. The summed E-state index contributed by atoms with van der Waals surface area (Å²) in [5.74, 6) is 0.423. The molecular weight excluding hydrogens is 150 g/mol. The largest absolute Gasteiger partial charge is 0.352 e. The van der Waals surface area contributed by atoms with E-state index in [0.29, 0.717) is 5.92 Å². The second-order valence-electron chi connectivity index (χ2n) is 2.73. The van der Waals surface area contributed by atoms with Crippen molar-refractivity contribution >= 4 is 17.5 Å². The molecule has 0 heterocycles. The monoisotopic (exact) mass is 163 g/mol. The number of nitrogens with one attached hydrogen (secondary N) is 1. The Balaban J connectivity index is 3.57. The third-order valence-corrected chi connectivity index (χ3v) is 1.75. The maximum absolute atomic E-state index is 10.7. The molecule has 1 amide bonds. The van der Waals surface area contributed by atoms with Crippen LogP contribution < -0.4 is 5.32 Å². The van der Waals surface area contributed by atoms with Gasteiger partial charge in [-0.3, -0.25) is 4.79 Å². The Morgan fingerprint density at radius 3 is 2.30 bits per heavy atom. The van der Waals surface area contributed by atoms with E-state index in [1.54, 1.807) is 0 Å². The van der Waals surface area contributed by atoms with Crippen LogP contribution in [0.2, 0.25) is 0 Å². The minimum Gasteiger partial charge on any atom is -0.352 e. The Labute approximate surface area is 66.9 Å². The quantitative estimate of drug-likeness (QED) is 0.626. The Bertz CT molecular complexity index is 114. The van der Waals surface area contributed by atoms with Gasteiger partial charge in [0.05, 0.1) is 0 Å². The summed E-state index contributed by atoms with van der Waals surface area (Å²) in [7, 11) is 0. The highest BCUT2D eigenvalue weighted by Crippen LogP contribution is 1.98. The normalized spacial score (nSPS) is 13.3. The molecule has 0 aromatic carbocycles. The van der Waals surface area contributed by atoms with E-state index in [-0.39, 0.29) is 17.8 Å². The van der Waals surface area contributed by atoms with E-state index in [4.69, 9.17) is 11.6 Å². The van der Waals surface area contributed by atoms with E-state index in [2.05, 4.69) is 19.2 Å². The fraction of sp³-hybridized carbons (Fsp3) is 0.857. The zero-order valence-electron chi connectivity index (χ0n) is 6.65. The molecule has 0 aliphatic heterocycles. The molecule has 0 aliphatic carbocycles. The van der Waals surface area contributed by atoms with Crippen molar-refractivity contribution in [1.29, 1.82) is 0 Å². The molecule has 0 aromatic rings. The molecule has 0 bridgehead atoms. The van der Waals surface area contributed by atoms with Crippen LogP contribution in [0.25, 0.3) is 0 Å². The van der Waals surface area contributed by atoms with Gasteiger partial charge < -0.3 is 5.32 Å². The van der Waals surface area contributed by atoms with Crippen LogP contribution in [0.3, 0.4) is 0 Å². The average molecular weight is 164 g/mol.